The highest BCUT2D eigenvalue weighted by molar-refractivity contribution is 7.10. The second kappa shape index (κ2) is 8.70. The van der Waals surface area contributed by atoms with Gasteiger partial charge in [-0.15, -0.1) is 11.3 Å². The van der Waals surface area contributed by atoms with Crippen LogP contribution in [0.3, 0.4) is 0 Å². The second-order valence-electron chi connectivity index (χ2n) is 4.28. The molecule has 4 nitrogen and oxygen atoms in total. The lowest BCUT2D eigenvalue weighted by Gasteiger charge is -2.14. The van der Waals surface area contributed by atoms with Crippen LogP contribution in [0, 0.1) is 11.8 Å². The number of nitrogens with one attached hydrogen (secondary N) is 1. The summed E-state index contributed by atoms with van der Waals surface area (Å²) in [5.41, 5.74) is 0.915. The summed E-state index contributed by atoms with van der Waals surface area (Å²) in [4.78, 5) is 14.7. The summed E-state index contributed by atoms with van der Waals surface area (Å²) in [6.07, 6.45) is 0.952. The van der Waals surface area contributed by atoms with Crippen LogP contribution in [-0.4, -0.2) is 42.7 Å². The molecule has 0 aliphatic rings. The summed E-state index contributed by atoms with van der Waals surface area (Å²) in [6, 6.07) is 1.99. The summed E-state index contributed by atoms with van der Waals surface area (Å²) < 4.78 is 0. The Morgan fingerprint density at radius 2 is 2.37 bits per heavy atom. The van der Waals surface area contributed by atoms with E-state index >= 15 is 0 Å². The third-order valence-electron chi connectivity index (χ3n) is 2.38. The van der Waals surface area contributed by atoms with Crippen molar-refractivity contribution in [1.29, 1.82) is 0 Å². The Morgan fingerprint density at radius 3 is 3.05 bits per heavy atom. The zero-order chi connectivity index (χ0) is 14.1. The van der Waals surface area contributed by atoms with E-state index in [1.54, 1.807) is 11.3 Å². The standard InChI is InChI=1S/C14H20N2O2S/c1-3-6-15-14(18)10-16(2)9-13-8-12(11-19-13)5-4-7-17/h8,11,17H,3,6-7,9-10H2,1-2H3,(H,15,18). The van der Waals surface area contributed by atoms with Crippen molar-refractivity contribution in [2.24, 2.45) is 0 Å². The van der Waals surface area contributed by atoms with Crippen molar-refractivity contribution in [3.8, 4) is 11.8 Å². The van der Waals surface area contributed by atoms with Crippen molar-refractivity contribution in [3.05, 3.63) is 21.9 Å². The molecule has 19 heavy (non-hydrogen) atoms. The average molecular weight is 280 g/mol. The summed E-state index contributed by atoms with van der Waals surface area (Å²) in [7, 11) is 1.92. The van der Waals surface area contributed by atoms with Gasteiger partial charge in [-0.3, -0.25) is 9.69 Å². The van der Waals surface area contributed by atoms with Gasteiger partial charge in [-0.1, -0.05) is 18.8 Å². The van der Waals surface area contributed by atoms with Crippen molar-refractivity contribution in [2.45, 2.75) is 19.9 Å². The molecule has 0 bridgehead atoms. The Labute approximate surface area is 118 Å². The van der Waals surface area contributed by atoms with Crippen LogP contribution in [0.5, 0.6) is 0 Å². The quantitative estimate of drug-likeness (QED) is 0.766. The van der Waals surface area contributed by atoms with E-state index in [4.69, 9.17) is 5.11 Å². The predicted molar refractivity (Wildman–Crippen MR) is 77.9 cm³/mol. The summed E-state index contributed by atoms with van der Waals surface area (Å²) in [5.74, 6) is 5.55. The van der Waals surface area contributed by atoms with Gasteiger partial charge in [0.25, 0.3) is 0 Å². The summed E-state index contributed by atoms with van der Waals surface area (Å²) in [5, 5.41) is 13.4. The molecule has 1 rings (SSSR count). The molecule has 0 aromatic carbocycles. The number of hydrogen-bond donors (Lipinski definition) is 2. The molecule has 1 heterocycles. The Bertz CT molecular complexity index is 460. The Hall–Kier alpha value is -1.35. The van der Waals surface area contributed by atoms with E-state index in [1.165, 1.54) is 0 Å². The highest BCUT2D eigenvalue weighted by Gasteiger charge is 2.07. The van der Waals surface area contributed by atoms with E-state index in [1.807, 2.05) is 30.3 Å². The molecule has 0 unspecified atom stereocenters. The first-order valence-electron chi connectivity index (χ1n) is 6.28. The number of hydrogen-bond acceptors (Lipinski definition) is 4. The average Bonchev–Trinajstić information content (AvgIpc) is 2.81. The number of aliphatic hydroxyl groups is 1. The lowest BCUT2D eigenvalue weighted by molar-refractivity contribution is -0.122. The van der Waals surface area contributed by atoms with Crippen LogP contribution in [0.4, 0.5) is 0 Å². The Kier molecular flexibility index (Phi) is 7.19. The van der Waals surface area contributed by atoms with E-state index in [-0.39, 0.29) is 12.5 Å². The largest absolute Gasteiger partial charge is 0.384 e. The molecule has 0 fully saturated rings. The normalized spacial score (nSPS) is 10.1. The van der Waals surface area contributed by atoms with E-state index in [0.29, 0.717) is 6.54 Å². The molecule has 0 saturated carbocycles. The first-order chi connectivity index (χ1) is 9.15. The van der Waals surface area contributed by atoms with Gasteiger partial charge >= 0.3 is 0 Å². The molecule has 0 atom stereocenters. The lowest BCUT2D eigenvalue weighted by atomic mass is 10.3. The van der Waals surface area contributed by atoms with Gasteiger partial charge in [0, 0.05) is 28.9 Å². The number of aliphatic hydroxyl groups excluding tert-OH is 1. The SMILES string of the molecule is CCCNC(=O)CN(C)Cc1cc(C#CCO)cs1. The van der Waals surface area contributed by atoms with Crippen LogP contribution < -0.4 is 5.32 Å². The zero-order valence-corrected chi connectivity index (χ0v) is 12.2. The van der Waals surface area contributed by atoms with E-state index in [0.717, 1.165) is 30.0 Å². The van der Waals surface area contributed by atoms with Crippen molar-refractivity contribution in [2.75, 3.05) is 26.7 Å². The second-order valence-corrected chi connectivity index (χ2v) is 5.28. The van der Waals surface area contributed by atoms with Crippen LogP contribution in [0.1, 0.15) is 23.8 Å². The topological polar surface area (TPSA) is 52.6 Å². The number of amides is 1. The molecule has 1 aromatic heterocycles. The van der Waals surface area contributed by atoms with Crippen molar-refractivity contribution in [3.63, 3.8) is 0 Å². The molecular weight excluding hydrogens is 260 g/mol. The Balaban J connectivity index is 2.41. The molecule has 1 amide bonds. The van der Waals surface area contributed by atoms with Gasteiger partial charge in [-0.05, 0) is 19.5 Å². The molecule has 0 saturated heterocycles. The predicted octanol–water partition coefficient (Wildman–Crippen LogP) is 1.05. The summed E-state index contributed by atoms with van der Waals surface area (Å²) >= 11 is 1.62. The number of nitrogens with zero attached hydrogens (tertiary/aromatic N) is 1. The molecule has 104 valence electrons. The first kappa shape index (κ1) is 15.7. The third-order valence-corrected chi connectivity index (χ3v) is 3.30. The monoisotopic (exact) mass is 280 g/mol. The molecule has 0 aliphatic carbocycles. The van der Waals surface area contributed by atoms with Gasteiger partial charge in [0.1, 0.15) is 6.61 Å². The fourth-order valence-electron chi connectivity index (χ4n) is 1.56. The van der Waals surface area contributed by atoms with Gasteiger partial charge in [-0.25, -0.2) is 0 Å². The van der Waals surface area contributed by atoms with Gasteiger partial charge in [0.15, 0.2) is 0 Å². The number of thiophene rings is 1. The molecule has 2 N–H and O–H groups in total. The van der Waals surface area contributed by atoms with Crippen molar-refractivity contribution < 1.29 is 9.90 Å². The minimum absolute atomic E-state index is 0.0567. The van der Waals surface area contributed by atoms with Gasteiger partial charge in [0.2, 0.25) is 5.91 Å². The molecule has 0 spiro atoms. The number of carbonyl (C=O) groups is 1. The fourth-order valence-corrected chi connectivity index (χ4v) is 2.45. The highest BCUT2D eigenvalue weighted by Crippen LogP contribution is 2.15. The van der Waals surface area contributed by atoms with E-state index < -0.39 is 0 Å². The third kappa shape index (κ3) is 6.39. The minimum Gasteiger partial charge on any atom is -0.384 e. The Morgan fingerprint density at radius 1 is 1.58 bits per heavy atom. The fraction of sp³-hybridized carbons (Fsp3) is 0.500. The molecule has 1 aromatic rings. The minimum atomic E-state index is -0.122. The maximum Gasteiger partial charge on any atom is 0.234 e. The van der Waals surface area contributed by atoms with E-state index in [9.17, 15) is 4.79 Å². The highest BCUT2D eigenvalue weighted by atomic mass is 32.1. The molecule has 0 radical (unpaired) electrons. The maximum absolute atomic E-state index is 11.5. The zero-order valence-electron chi connectivity index (χ0n) is 11.4. The maximum atomic E-state index is 11.5. The number of likely N-dealkylation sites (N-methyl/N-ethyl adjacent to an activating group) is 1. The number of rotatable bonds is 6. The van der Waals surface area contributed by atoms with Crippen LogP contribution in [0.2, 0.25) is 0 Å². The van der Waals surface area contributed by atoms with Gasteiger partial charge < -0.3 is 10.4 Å². The molecule has 5 heteroatoms. The van der Waals surface area contributed by atoms with Crippen LogP contribution >= 0.6 is 11.3 Å². The van der Waals surface area contributed by atoms with Gasteiger partial charge in [0.05, 0.1) is 6.54 Å². The number of carbonyl (C=O) groups excluding carboxylic acids is 1. The molecular formula is C14H20N2O2S. The smallest absolute Gasteiger partial charge is 0.234 e. The van der Waals surface area contributed by atoms with E-state index in [2.05, 4.69) is 17.2 Å². The first-order valence-corrected chi connectivity index (χ1v) is 7.16. The van der Waals surface area contributed by atoms with Crippen LogP contribution in [-0.2, 0) is 11.3 Å². The van der Waals surface area contributed by atoms with Crippen LogP contribution in [0.25, 0.3) is 0 Å². The van der Waals surface area contributed by atoms with Crippen molar-refractivity contribution >= 4 is 17.2 Å². The molecule has 0 aliphatic heterocycles. The van der Waals surface area contributed by atoms with Gasteiger partial charge in [-0.2, -0.15) is 0 Å². The summed E-state index contributed by atoms with van der Waals surface area (Å²) in [6.45, 7) is 3.76. The van der Waals surface area contributed by atoms with Crippen LogP contribution in [0.15, 0.2) is 11.4 Å². The van der Waals surface area contributed by atoms with Crippen molar-refractivity contribution in [1.82, 2.24) is 10.2 Å². The lowest BCUT2D eigenvalue weighted by Crippen LogP contribution is -2.35.